The van der Waals surface area contributed by atoms with E-state index < -0.39 is 11.9 Å². The molecule has 7 nitrogen and oxygen atoms in total. The minimum atomic E-state index is -0.529. The second-order valence-corrected chi connectivity index (χ2v) is 6.25. The number of ether oxygens (including phenoxy) is 1. The van der Waals surface area contributed by atoms with Gasteiger partial charge in [0, 0.05) is 18.2 Å². The number of aromatic nitrogens is 2. The number of hydrogen-bond acceptors (Lipinski definition) is 6. The number of anilines is 2. The van der Waals surface area contributed by atoms with Crippen LogP contribution in [0, 0.1) is 0 Å². The van der Waals surface area contributed by atoms with Gasteiger partial charge in [0.05, 0.1) is 18.4 Å². The molecule has 148 valence electrons. The fourth-order valence-corrected chi connectivity index (χ4v) is 2.69. The predicted octanol–water partition coefficient (Wildman–Crippen LogP) is 4.00. The van der Waals surface area contributed by atoms with Gasteiger partial charge in [-0.15, -0.1) is 0 Å². The number of esters is 1. The molecule has 0 spiro atoms. The summed E-state index contributed by atoms with van der Waals surface area (Å²) in [6.07, 6.45) is 0.915. The van der Waals surface area contributed by atoms with E-state index in [1.54, 1.807) is 30.3 Å². The molecular weight excluding hydrogens is 368 g/mol. The summed E-state index contributed by atoms with van der Waals surface area (Å²) in [5, 5.41) is 5.94. The van der Waals surface area contributed by atoms with Crippen LogP contribution in [0.15, 0.2) is 60.7 Å². The zero-order chi connectivity index (χ0) is 20.6. The van der Waals surface area contributed by atoms with Crippen molar-refractivity contribution in [3.05, 3.63) is 71.9 Å². The largest absolute Gasteiger partial charge is 0.465 e. The Bertz CT molecular complexity index is 1010. The van der Waals surface area contributed by atoms with Crippen LogP contribution >= 0.6 is 0 Å². The van der Waals surface area contributed by atoms with Crippen LogP contribution in [0.3, 0.4) is 0 Å². The molecule has 3 aromatic rings. The van der Waals surface area contributed by atoms with Gasteiger partial charge in [0.2, 0.25) is 0 Å². The van der Waals surface area contributed by atoms with Crippen LogP contribution < -0.4 is 10.6 Å². The number of para-hydroxylation sites is 1. The van der Waals surface area contributed by atoms with Crippen molar-refractivity contribution in [2.24, 2.45) is 0 Å². The van der Waals surface area contributed by atoms with E-state index in [4.69, 9.17) is 4.74 Å². The van der Waals surface area contributed by atoms with Gasteiger partial charge in [-0.1, -0.05) is 49.4 Å². The molecule has 0 bridgehead atoms. The topological polar surface area (TPSA) is 93.2 Å². The van der Waals surface area contributed by atoms with Crippen LogP contribution in [-0.4, -0.2) is 35.5 Å². The summed E-state index contributed by atoms with van der Waals surface area (Å²) in [7, 11) is 1.29. The fraction of sp³-hybridized carbons (Fsp3) is 0.182. The molecule has 1 amide bonds. The van der Waals surface area contributed by atoms with E-state index in [1.165, 1.54) is 7.11 Å². The summed E-state index contributed by atoms with van der Waals surface area (Å²) in [4.78, 5) is 33.8. The van der Waals surface area contributed by atoms with Gasteiger partial charge in [0.15, 0.2) is 5.82 Å². The molecule has 0 fully saturated rings. The van der Waals surface area contributed by atoms with Crippen LogP contribution in [-0.2, 0) is 4.74 Å². The lowest BCUT2D eigenvalue weighted by Crippen LogP contribution is -2.18. The normalized spacial score (nSPS) is 10.3. The van der Waals surface area contributed by atoms with E-state index in [0.29, 0.717) is 17.3 Å². The molecule has 0 aliphatic rings. The Morgan fingerprint density at radius 3 is 2.45 bits per heavy atom. The molecule has 0 aliphatic heterocycles. The highest BCUT2D eigenvalue weighted by Crippen LogP contribution is 2.20. The summed E-state index contributed by atoms with van der Waals surface area (Å²) >= 11 is 0. The van der Waals surface area contributed by atoms with Gasteiger partial charge < -0.3 is 15.4 Å². The van der Waals surface area contributed by atoms with E-state index in [-0.39, 0.29) is 11.3 Å². The van der Waals surface area contributed by atoms with Crippen LogP contribution in [0.2, 0.25) is 0 Å². The average Bonchev–Trinajstić information content (AvgIpc) is 2.78. The third-order valence-electron chi connectivity index (χ3n) is 4.13. The molecule has 2 aromatic carbocycles. The molecule has 3 rings (SSSR count). The first kappa shape index (κ1) is 20.0. The zero-order valence-corrected chi connectivity index (χ0v) is 16.3. The van der Waals surface area contributed by atoms with Crippen molar-refractivity contribution in [1.82, 2.24) is 9.97 Å². The predicted molar refractivity (Wildman–Crippen MR) is 112 cm³/mol. The number of hydrogen-bond donors (Lipinski definition) is 2. The number of nitrogens with one attached hydrogen (secondary N) is 2. The first-order valence-electron chi connectivity index (χ1n) is 9.29. The van der Waals surface area contributed by atoms with Crippen LogP contribution in [0.4, 0.5) is 11.5 Å². The Morgan fingerprint density at radius 1 is 1.00 bits per heavy atom. The van der Waals surface area contributed by atoms with Crippen LogP contribution in [0.1, 0.15) is 34.2 Å². The summed E-state index contributed by atoms with van der Waals surface area (Å²) < 4.78 is 4.78. The average molecular weight is 390 g/mol. The number of nitrogens with zero attached hydrogens (tertiary/aromatic N) is 2. The highest BCUT2D eigenvalue weighted by atomic mass is 16.5. The quantitative estimate of drug-likeness (QED) is 0.592. The highest BCUT2D eigenvalue weighted by Gasteiger charge is 2.17. The monoisotopic (exact) mass is 390 g/mol. The molecule has 0 saturated carbocycles. The standard InChI is InChI=1S/C22H22N4O3/c1-3-13-23-19-14-18(24-20(26-19)15-9-5-4-6-10-15)21(27)25-17-12-8-7-11-16(17)22(28)29-2/h4-12,14H,3,13H2,1-2H3,(H,25,27)(H,23,24,26). The maximum atomic E-state index is 12.9. The van der Waals surface area contributed by atoms with E-state index in [9.17, 15) is 9.59 Å². The third-order valence-corrected chi connectivity index (χ3v) is 4.13. The summed E-state index contributed by atoms with van der Waals surface area (Å²) in [6.45, 7) is 2.77. The Hall–Kier alpha value is -3.74. The Kier molecular flexibility index (Phi) is 6.52. The van der Waals surface area contributed by atoms with Gasteiger partial charge in [-0.05, 0) is 18.6 Å². The maximum absolute atomic E-state index is 12.9. The molecule has 0 radical (unpaired) electrons. The Balaban J connectivity index is 1.95. The molecule has 0 aliphatic carbocycles. The number of carbonyl (C=O) groups is 2. The molecule has 29 heavy (non-hydrogen) atoms. The lowest BCUT2D eigenvalue weighted by atomic mass is 10.1. The van der Waals surface area contributed by atoms with Crippen molar-refractivity contribution in [3.63, 3.8) is 0 Å². The van der Waals surface area contributed by atoms with Crippen LogP contribution in [0.5, 0.6) is 0 Å². The number of rotatable bonds is 7. The fourth-order valence-electron chi connectivity index (χ4n) is 2.69. The van der Waals surface area contributed by atoms with Crippen molar-refractivity contribution in [1.29, 1.82) is 0 Å². The van der Waals surface area contributed by atoms with Gasteiger partial charge in [-0.3, -0.25) is 4.79 Å². The minimum absolute atomic E-state index is 0.192. The van der Waals surface area contributed by atoms with Gasteiger partial charge in [-0.2, -0.15) is 0 Å². The van der Waals surface area contributed by atoms with E-state index >= 15 is 0 Å². The van der Waals surface area contributed by atoms with Crippen molar-refractivity contribution < 1.29 is 14.3 Å². The molecule has 1 heterocycles. The second-order valence-electron chi connectivity index (χ2n) is 6.25. The lowest BCUT2D eigenvalue weighted by Gasteiger charge is -2.12. The molecule has 1 aromatic heterocycles. The molecule has 0 unspecified atom stereocenters. The van der Waals surface area contributed by atoms with Gasteiger partial charge in [-0.25, -0.2) is 14.8 Å². The Morgan fingerprint density at radius 2 is 1.72 bits per heavy atom. The maximum Gasteiger partial charge on any atom is 0.339 e. The number of methoxy groups -OCH3 is 1. The smallest absolute Gasteiger partial charge is 0.339 e. The van der Waals surface area contributed by atoms with E-state index in [2.05, 4.69) is 20.6 Å². The van der Waals surface area contributed by atoms with Crippen molar-refractivity contribution in [2.75, 3.05) is 24.3 Å². The summed E-state index contributed by atoms with van der Waals surface area (Å²) in [5.74, 6) is 0.0320. The van der Waals surface area contributed by atoms with Crippen molar-refractivity contribution in [3.8, 4) is 11.4 Å². The first-order chi connectivity index (χ1) is 14.1. The SMILES string of the molecule is CCCNc1cc(C(=O)Nc2ccccc2C(=O)OC)nc(-c2ccccc2)n1. The molecular formula is C22H22N4O3. The second kappa shape index (κ2) is 9.45. The van der Waals surface area contributed by atoms with Crippen molar-refractivity contribution in [2.45, 2.75) is 13.3 Å². The summed E-state index contributed by atoms with van der Waals surface area (Å²) in [5.41, 5.74) is 1.62. The van der Waals surface area contributed by atoms with Crippen molar-refractivity contribution >= 4 is 23.4 Å². The minimum Gasteiger partial charge on any atom is -0.465 e. The number of amides is 1. The molecule has 2 N–H and O–H groups in total. The van der Waals surface area contributed by atoms with E-state index in [1.807, 2.05) is 37.3 Å². The molecule has 7 heteroatoms. The molecule has 0 atom stereocenters. The third kappa shape index (κ3) is 4.95. The summed E-state index contributed by atoms with van der Waals surface area (Å²) in [6, 6.07) is 17.7. The lowest BCUT2D eigenvalue weighted by molar-refractivity contribution is 0.0602. The number of benzene rings is 2. The number of carbonyl (C=O) groups excluding carboxylic acids is 2. The van der Waals surface area contributed by atoms with Gasteiger partial charge >= 0.3 is 5.97 Å². The molecule has 0 saturated heterocycles. The van der Waals surface area contributed by atoms with Gasteiger partial charge in [0.25, 0.3) is 5.91 Å². The zero-order valence-electron chi connectivity index (χ0n) is 16.3. The van der Waals surface area contributed by atoms with Gasteiger partial charge in [0.1, 0.15) is 11.5 Å². The highest BCUT2D eigenvalue weighted by molar-refractivity contribution is 6.07. The first-order valence-corrected chi connectivity index (χ1v) is 9.29. The Labute approximate surface area is 169 Å². The van der Waals surface area contributed by atoms with Crippen LogP contribution in [0.25, 0.3) is 11.4 Å². The van der Waals surface area contributed by atoms with E-state index in [0.717, 1.165) is 18.5 Å².